The van der Waals surface area contributed by atoms with Gasteiger partial charge in [0.15, 0.2) is 0 Å². The normalized spacial score (nSPS) is 17.2. The van der Waals surface area contributed by atoms with Gasteiger partial charge in [-0.3, -0.25) is 9.59 Å². The van der Waals surface area contributed by atoms with Crippen molar-refractivity contribution in [1.82, 2.24) is 10.2 Å². The van der Waals surface area contributed by atoms with E-state index in [1.165, 1.54) is 6.07 Å². The number of fused-ring (bicyclic) bond motifs is 1. The molecule has 1 saturated carbocycles. The lowest BCUT2D eigenvalue weighted by Gasteiger charge is -2.36. The van der Waals surface area contributed by atoms with Crippen molar-refractivity contribution in [2.45, 2.75) is 64.1 Å². The maximum absolute atomic E-state index is 14.8. The molecule has 2 aliphatic rings. The van der Waals surface area contributed by atoms with Crippen LogP contribution in [0.1, 0.15) is 63.3 Å². The minimum Gasteiger partial charge on any atom is -0.444 e. The lowest BCUT2D eigenvalue weighted by Crippen LogP contribution is -2.48. The number of halogens is 3. The number of hydrogen-bond donors (Lipinski definition) is 3. The van der Waals surface area contributed by atoms with Crippen LogP contribution in [0, 0.1) is 17.1 Å². The average Bonchev–Trinajstić information content (AvgIpc) is 3.62. The Bertz CT molecular complexity index is 1410. The molecule has 1 unspecified atom stereocenters. The molecule has 40 heavy (non-hydrogen) atoms. The molecule has 1 aliphatic carbocycles. The van der Waals surface area contributed by atoms with Crippen LogP contribution >= 0.6 is 23.2 Å². The number of nitriles is 1. The van der Waals surface area contributed by atoms with Gasteiger partial charge in [-0.15, -0.1) is 0 Å². The highest BCUT2D eigenvalue weighted by Gasteiger charge is 2.52. The zero-order valence-corrected chi connectivity index (χ0v) is 24.1. The number of ether oxygens (including phenoxy) is 1. The van der Waals surface area contributed by atoms with Gasteiger partial charge >= 0.3 is 6.09 Å². The summed E-state index contributed by atoms with van der Waals surface area (Å²) in [4.78, 5) is 40.0. The predicted molar refractivity (Wildman–Crippen MR) is 150 cm³/mol. The molecule has 1 fully saturated rings. The molecule has 4 rings (SSSR count). The summed E-state index contributed by atoms with van der Waals surface area (Å²) in [7, 11) is 0. The van der Waals surface area contributed by atoms with Crippen molar-refractivity contribution in [3.63, 3.8) is 0 Å². The molecule has 3 N–H and O–H groups in total. The molecule has 1 heterocycles. The van der Waals surface area contributed by atoms with Gasteiger partial charge in [-0.05, 0) is 82.3 Å². The number of amides is 3. The maximum atomic E-state index is 14.8. The molecular weight excluding hydrogens is 560 g/mol. The third-order valence-electron chi connectivity index (χ3n) is 6.84. The van der Waals surface area contributed by atoms with Gasteiger partial charge in [0.25, 0.3) is 0 Å². The first-order chi connectivity index (χ1) is 18.7. The molecule has 1 aliphatic heterocycles. The second-order valence-electron chi connectivity index (χ2n) is 11.0. The molecule has 3 amide bonds. The van der Waals surface area contributed by atoms with E-state index in [9.17, 15) is 24.0 Å². The summed E-state index contributed by atoms with van der Waals surface area (Å²) in [6, 6.07) is 7.28. The molecule has 2 aromatic rings. The fourth-order valence-corrected chi connectivity index (χ4v) is 5.39. The molecule has 2 aromatic carbocycles. The van der Waals surface area contributed by atoms with E-state index in [-0.39, 0.29) is 35.4 Å². The molecule has 212 valence electrons. The SMILES string of the molecule is CC1c2c(Cl)cc(Cl)cc2CCN1C(=O)CNc1cc(NC(=O)C2(NC(=O)OC(C)(C)C)CC2)c(C#N)cc1F. The molecule has 0 saturated heterocycles. The molecule has 0 aromatic heterocycles. The van der Waals surface area contributed by atoms with Crippen molar-refractivity contribution in [3.8, 4) is 6.07 Å². The van der Waals surface area contributed by atoms with E-state index in [4.69, 9.17) is 27.9 Å². The van der Waals surface area contributed by atoms with Crippen LogP contribution < -0.4 is 16.0 Å². The molecule has 9 nitrogen and oxygen atoms in total. The van der Waals surface area contributed by atoms with Crippen molar-refractivity contribution in [2.75, 3.05) is 23.7 Å². The van der Waals surface area contributed by atoms with E-state index in [2.05, 4.69) is 16.0 Å². The summed E-state index contributed by atoms with van der Waals surface area (Å²) in [5.74, 6) is -1.59. The van der Waals surface area contributed by atoms with Crippen LogP contribution in [0.15, 0.2) is 24.3 Å². The summed E-state index contributed by atoms with van der Waals surface area (Å²) >= 11 is 12.5. The Morgan fingerprint density at radius 1 is 1.18 bits per heavy atom. The minimum atomic E-state index is -1.18. The van der Waals surface area contributed by atoms with Crippen molar-refractivity contribution in [2.24, 2.45) is 0 Å². The smallest absolute Gasteiger partial charge is 0.408 e. The summed E-state index contributed by atoms with van der Waals surface area (Å²) in [6.07, 6.45) is 0.605. The first-order valence-electron chi connectivity index (χ1n) is 12.8. The quantitative estimate of drug-likeness (QED) is 0.405. The van der Waals surface area contributed by atoms with E-state index in [0.29, 0.717) is 35.9 Å². The highest BCUT2D eigenvalue weighted by atomic mass is 35.5. The van der Waals surface area contributed by atoms with Gasteiger partial charge in [-0.1, -0.05) is 23.2 Å². The number of carbonyl (C=O) groups is 3. The fourth-order valence-electron chi connectivity index (χ4n) is 4.70. The van der Waals surface area contributed by atoms with Crippen LogP contribution in [0.3, 0.4) is 0 Å². The van der Waals surface area contributed by atoms with Crippen LogP contribution in [-0.2, 0) is 20.7 Å². The number of hydrogen-bond acceptors (Lipinski definition) is 6. The molecule has 0 bridgehead atoms. The average molecular weight is 590 g/mol. The van der Waals surface area contributed by atoms with Crippen LogP contribution in [0.25, 0.3) is 0 Å². The lowest BCUT2D eigenvalue weighted by molar-refractivity contribution is -0.131. The van der Waals surface area contributed by atoms with Crippen molar-refractivity contribution < 1.29 is 23.5 Å². The van der Waals surface area contributed by atoms with E-state index in [1.807, 2.05) is 19.1 Å². The lowest BCUT2D eigenvalue weighted by atomic mass is 9.93. The van der Waals surface area contributed by atoms with Gasteiger partial charge in [0.05, 0.1) is 29.5 Å². The van der Waals surface area contributed by atoms with Crippen molar-refractivity contribution in [3.05, 3.63) is 56.8 Å². The fraction of sp³-hybridized carbons (Fsp3) is 0.429. The van der Waals surface area contributed by atoms with Crippen molar-refractivity contribution >= 4 is 52.5 Å². The highest BCUT2D eigenvalue weighted by Crippen LogP contribution is 2.38. The van der Waals surface area contributed by atoms with Gasteiger partial charge in [0.2, 0.25) is 11.8 Å². The number of anilines is 2. The number of nitrogens with zero attached hydrogens (tertiary/aromatic N) is 2. The number of alkyl carbamates (subject to hydrolysis) is 1. The zero-order chi connectivity index (χ0) is 29.4. The Morgan fingerprint density at radius 3 is 2.50 bits per heavy atom. The Morgan fingerprint density at radius 2 is 1.88 bits per heavy atom. The van der Waals surface area contributed by atoms with Crippen LogP contribution in [0.5, 0.6) is 0 Å². The summed E-state index contributed by atoms with van der Waals surface area (Å²) in [6.45, 7) is 7.20. The van der Waals surface area contributed by atoms with Crippen LogP contribution in [0.4, 0.5) is 20.6 Å². The number of benzene rings is 2. The van der Waals surface area contributed by atoms with E-state index < -0.39 is 29.0 Å². The van der Waals surface area contributed by atoms with Crippen LogP contribution in [0.2, 0.25) is 10.0 Å². The predicted octanol–water partition coefficient (Wildman–Crippen LogP) is 5.56. The first kappa shape index (κ1) is 29.4. The van der Waals surface area contributed by atoms with E-state index in [1.54, 1.807) is 31.7 Å². The van der Waals surface area contributed by atoms with E-state index >= 15 is 0 Å². The molecule has 12 heteroatoms. The zero-order valence-electron chi connectivity index (χ0n) is 22.6. The Kier molecular flexibility index (Phi) is 8.20. The number of carbonyl (C=O) groups excluding carboxylic acids is 3. The van der Waals surface area contributed by atoms with Gasteiger partial charge in [-0.2, -0.15) is 5.26 Å². The Hall–Kier alpha value is -3.55. The Labute approximate surface area is 241 Å². The summed E-state index contributed by atoms with van der Waals surface area (Å²) in [5, 5.41) is 18.5. The van der Waals surface area contributed by atoms with Gasteiger partial charge in [-0.25, -0.2) is 9.18 Å². The second kappa shape index (κ2) is 11.1. The molecule has 1 atom stereocenters. The third-order valence-corrected chi connectivity index (χ3v) is 7.37. The van der Waals surface area contributed by atoms with E-state index in [0.717, 1.165) is 17.2 Å². The van der Waals surface area contributed by atoms with Gasteiger partial charge in [0, 0.05) is 16.6 Å². The number of rotatable bonds is 6. The van der Waals surface area contributed by atoms with Gasteiger partial charge in [0.1, 0.15) is 23.0 Å². The standard InChI is InChI=1S/C28H30Cl2FN5O4/c1-15-24-16(9-18(29)11-19(24)30)5-8-36(15)23(37)14-33-22-12-21(17(13-32)10-20(22)31)34-25(38)28(6-7-28)35-26(39)40-27(2,3)4/h9-12,15,33H,5-8,14H2,1-4H3,(H,34,38)(H,35,39). The summed E-state index contributed by atoms with van der Waals surface area (Å²) in [5.41, 5.74) is -0.240. The third kappa shape index (κ3) is 6.43. The Balaban J connectivity index is 1.45. The molecular formula is C28H30Cl2FN5O4. The maximum Gasteiger partial charge on any atom is 0.408 e. The minimum absolute atomic E-state index is 0.0463. The monoisotopic (exact) mass is 589 g/mol. The van der Waals surface area contributed by atoms with Gasteiger partial charge < -0.3 is 25.6 Å². The highest BCUT2D eigenvalue weighted by molar-refractivity contribution is 6.35. The number of nitrogens with one attached hydrogen (secondary N) is 3. The molecule has 0 radical (unpaired) electrons. The van der Waals surface area contributed by atoms with Crippen LogP contribution in [-0.4, -0.2) is 47.0 Å². The largest absolute Gasteiger partial charge is 0.444 e. The molecule has 0 spiro atoms. The second-order valence-corrected chi connectivity index (χ2v) is 11.8. The van der Waals surface area contributed by atoms with Crippen molar-refractivity contribution in [1.29, 1.82) is 5.26 Å². The topological polar surface area (TPSA) is 124 Å². The summed E-state index contributed by atoms with van der Waals surface area (Å²) < 4.78 is 20.1. The first-order valence-corrected chi connectivity index (χ1v) is 13.6.